The highest BCUT2D eigenvalue weighted by Gasteiger charge is 2.27. The van der Waals surface area contributed by atoms with Gasteiger partial charge in [0.05, 0.1) is 0 Å². The molecule has 0 aliphatic carbocycles. The van der Waals surface area contributed by atoms with Gasteiger partial charge in [-0.05, 0) is 35.1 Å². The molecule has 0 saturated heterocycles. The van der Waals surface area contributed by atoms with Crippen LogP contribution in [0.3, 0.4) is 0 Å². The maximum atomic E-state index is 3.66. The van der Waals surface area contributed by atoms with Crippen LogP contribution in [0, 0.1) is 5.92 Å². The van der Waals surface area contributed by atoms with Crippen molar-refractivity contribution in [1.29, 1.82) is 0 Å². The van der Waals surface area contributed by atoms with Crippen molar-refractivity contribution in [3.63, 3.8) is 0 Å². The molecule has 1 aromatic carbocycles. The van der Waals surface area contributed by atoms with Crippen LogP contribution in [0.4, 0.5) is 0 Å². The van der Waals surface area contributed by atoms with E-state index in [0.717, 1.165) is 6.54 Å². The van der Waals surface area contributed by atoms with E-state index in [1.807, 2.05) is 11.8 Å². The fraction of sp³-hybridized carbons (Fsp3) is 0.625. The van der Waals surface area contributed by atoms with Crippen molar-refractivity contribution in [2.45, 2.75) is 51.0 Å². The molecule has 1 nitrogen and oxygen atoms in total. The molecule has 2 unspecified atom stereocenters. The summed E-state index contributed by atoms with van der Waals surface area (Å²) in [6.45, 7) is 12.5. The first kappa shape index (κ1) is 14.0. The van der Waals surface area contributed by atoms with Crippen molar-refractivity contribution in [3.05, 3.63) is 29.3 Å². The fourth-order valence-corrected chi connectivity index (χ4v) is 3.70. The van der Waals surface area contributed by atoms with Crippen molar-refractivity contribution < 1.29 is 0 Å². The lowest BCUT2D eigenvalue weighted by Crippen LogP contribution is -2.31. The van der Waals surface area contributed by atoms with Crippen LogP contribution in [0.1, 0.15) is 51.8 Å². The summed E-state index contributed by atoms with van der Waals surface area (Å²) in [6.07, 6.45) is 0. The molecule has 0 saturated carbocycles. The fourth-order valence-electron chi connectivity index (χ4n) is 2.54. The van der Waals surface area contributed by atoms with Crippen LogP contribution in [0.5, 0.6) is 0 Å². The minimum absolute atomic E-state index is 0.233. The van der Waals surface area contributed by atoms with Crippen LogP contribution < -0.4 is 5.32 Å². The van der Waals surface area contributed by atoms with E-state index < -0.39 is 0 Å². The van der Waals surface area contributed by atoms with Crippen molar-refractivity contribution >= 4 is 11.8 Å². The van der Waals surface area contributed by atoms with Crippen LogP contribution >= 0.6 is 11.8 Å². The molecule has 1 aliphatic heterocycles. The number of hydrogen-bond acceptors (Lipinski definition) is 2. The van der Waals surface area contributed by atoms with Gasteiger partial charge in [-0.3, -0.25) is 0 Å². The lowest BCUT2D eigenvalue weighted by atomic mass is 9.84. The third kappa shape index (κ3) is 2.75. The molecule has 0 fully saturated rings. The second-order valence-corrected chi connectivity index (χ2v) is 7.39. The minimum Gasteiger partial charge on any atom is -0.310 e. The Hall–Kier alpha value is -0.470. The normalized spacial score (nSPS) is 23.8. The number of hydrogen-bond donors (Lipinski definition) is 1. The van der Waals surface area contributed by atoms with Gasteiger partial charge in [-0.25, -0.2) is 0 Å². The molecular formula is C16H25NS. The Morgan fingerprint density at radius 2 is 2.06 bits per heavy atom. The molecule has 0 aromatic heterocycles. The topological polar surface area (TPSA) is 12.0 Å². The number of benzene rings is 1. The highest BCUT2D eigenvalue weighted by atomic mass is 32.2. The summed E-state index contributed by atoms with van der Waals surface area (Å²) in [5.41, 5.74) is 3.18. The smallest absolute Gasteiger partial charge is 0.0365 e. The Kier molecular flexibility index (Phi) is 4.08. The monoisotopic (exact) mass is 263 g/mol. The molecule has 0 amide bonds. The molecule has 2 heteroatoms. The molecule has 1 aliphatic rings. The first-order valence-electron chi connectivity index (χ1n) is 6.94. The Morgan fingerprint density at radius 3 is 2.67 bits per heavy atom. The largest absolute Gasteiger partial charge is 0.310 e. The summed E-state index contributed by atoms with van der Waals surface area (Å²) in [5, 5.41) is 3.66. The zero-order chi connectivity index (χ0) is 13.3. The van der Waals surface area contributed by atoms with E-state index in [0.29, 0.717) is 12.0 Å². The van der Waals surface area contributed by atoms with Crippen molar-refractivity contribution in [2.24, 2.45) is 5.92 Å². The van der Waals surface area contributed by atoms with Gasteiger partial charge in [-0.2, -0.15) is 0 Å². The summed E-state index contributed by atoms with van der Waals surface area (Å²) >= 11 is 2.01. The first-order valence-corrected chi connectivity index (χ1v) is 7.92. The average molecular weight is 263 g/mol. The average Bonchev–Trinajstić information content (AvgIpc) is 2.31. The van der Waals surface area contributed by atoms with E-state index in [4.69, 9.17) is 0 Å². The van der Waals surface area contributed by atoms with Gasteiger partial charge in [0.1, 0.15) is 0 Å². The van der Waals surface area contributed by atoms with Gasteiger partial charge < -0.3 is 5.32 Å². The first-order chi connectivity index (χ1) is 8.43. The number of fused-ring (bicyclic) bond motifs is 1. The molecule has 0 radical (unpaired) electrons. The molecule has 1 N–H and O–H groups in total. The molecule has 1 heterocycles. The molecule has 100 valence electrons. The lowest BCUT2D eigenvalue weighted by molar-refractivity contribution is 0.415. The third-order valence-corrected chi connectivity index (χ3v) is 5.08. The van der Waals surface area contributed by atoms with Gasteiger partial charge in [0.15, 0.2) is 0 Å². The van der Waals surface area contributed by atoms with E-state index >= 15 is 0 Å². The minimum atomic E-state index is 0.233. The molecular weight excluding hydrogens is 238 g/mol. The third-order valence-electron chi connectivity index (χ3n) is 3.71. The quantitative estimate of drug-likeness (QED) is 0.850. The van der Waals surface area contributed by atoms with E-state index in [1.165, 1.54) is 21.8 Å². The van der Waals surface area contributed by atoms with Crippen molar-refractivity contribution in [1.82, 2.24) is 5.32 Å². The summed E-state index contributed by atoms with van der Waals surface area (Å²) in [7, 11) is 0. The SMILES string of the molecule is CCNC1c2cc(C(C)(C)C)ccc2SCC1C. The second kappa shape index (κ2) is 5.26. The van der Waals surface area contributed by atoms with Gasteiger partial charge in [0.2, 0.25) is 0 Å². The van der Waals surface area contributed by atoms with Crippen LogP contribution in [-0.4, -0.2) is 12.3 Å². The van der Waals surface area contributed by atoms with Crippen molar-refractivity contribution in [3.8, 4) is 0 Å². The summed E-state index contributed by atoms with van der Waals surface area (Å²) in [6, 6.07) is 7.56. The summed E-state index contributed by atoms with van der Waals surface area (Å²) in [4.78, 5) is 1.46. The second-order valence-electron chi connectivity index (χ2n) is 6.33. The van der Waals surface area contributed by atoms with Crippen LogP contribution in [0.25, 0.3) is 0 Å². The number of nitrogens with one attached hydrogen (secondary N) is 1. The highest BCUT2D eigenvalue weighted by molar-refractivity contribution is 7.99. The maximum absolute atomic E-state index is 3.66. The zero-order valence-electron chi connectivity index (χ0n) is 12.2. The number of rotatable bonds is 2. The summed E-state index contributed by atoms with van der Waals surface area (Å²) < 4.78 is 0. The van der Waals surface area contributed by atoms with Crippen LogP contribution in [0.2, 0.25) is 0 Å². The van der Waals surface area contributed by atoms with Gasteiger partial charge in [0, 0.05) is 16.7 Å². The van der Waals surface area contributed by atoms with Gasteiger partial charge in [-0.15, -0.1) is 11.8 Å². The van der Waals surface area contributed by atoms with Crippen LogP contribution in [-0.2, 0) is 5.41 Å². The Morgan fingerprint density at radius 1 is 1.33 bits per heavy atom. The van der Waals surface area contributed by atoms with Gasteiger partial charge in [0.25, 0.3) is 0 Å². The molecule has 18 heavy (non-hydrogen) atoms. The predicted octanol–water partition coefficient (Wildman–Crippen LogP) is 4.38. The molecule has 0 bridgehead atoms. The van der Waals surface area contributed by atoms with Crippen molar-refractivity contribution in [2.75, 3.05) is 12.3 Å². The Bertz CT molecular complexity index is 420. The Labute approximate surface area is 116 Å². The Balaban J connectivity index is 2.42. The molecule has 1 aromatic rings. The van der Waals surface area contributed by atoms with Gasteiger partial charge in [-0.1, -0.05) is 46.8 Å². The zero-order valence-corrected chi connectivity index (χ0v) is 13.0. The molecule has 0 spiro atoms. The lowest BCUT2D eigenvalue weighted by Gasteiger charge is -2.33. The maximum Gasteiger partial charge on any atom is 0.0365 e. The standard InChI is InChI=1S/C16H25NS/c1-6-17-15-11(2)10-18-14-8-7-12(9-13(14)15)16(3,4)5/h7-9,11,15,17H,6,10H2,1-5H3. The van der Waals surface area contributed by atoms with E-state index in [1.54, 1.807) is 0 Å². The molecule has 2 atom stereocenters. The summed E-state index contributed by atoms with van der Waals surface area (Å²) in [5.74, 6) is 1.93. The predicted molar refractivity (Wildman–Crippen MR) is 81.4 cm³/mol. The highest BCUT2D eigenvalue weighted by Crippen LogP contribution is 2.41. The van der Waals surface area contributed by atoms with Gasteiger partial charge >= 0.3 is 0 Å². The van der Waals surface area contributed by atoms with E-state index in [-0.39, 0.29) is 5.41 Å². The number of thioether (sulfide) groups is 1. The van der Waals surface area contributed by atoms with Crippen LogP contribution in [0.15, 0.2) is 23.1 Å². The van der Waals surface area contributed by atoms with E-state index in [9.17, 15) is 0 Å². The molecule has 2 rings (SSSR count). The van der Waals surface area contributed by atoms with E-state index in [2.05, 4.69) is 58.1 Å².